The third-order valence-electron chi connectivity index (χ3n) is 4.70. The van der Waals surface area contributed by atoms with Crippen LogP contribution in [0.2, 0.25) is 0 Å². The van der Waals surface area contributed by atoms with Gasteiger partial charge in [0.15, 0.2) is 0 Å². The van der Waals surface area contributed by atoms with Crippen LogP contribution in [0.3, 0.4) is 0 Å². The molecule has 0 aromatic rings. The predicted molar refractivity (Wildman–Crippen MR) is 79.9 cm³/mol. The number of hydrogen-bond acceptors (Lipinski definition) is 4. The number of rotatable bonds is 2. The van der Waals surface area contributed by atoms with E-state index in [1.807, 2.05) is 4.90 Å². The first-order chi connectivity index (χ1) is 10.6. The van der Waals surface area contributed by atoms with Crippen molar-refractivity contribution in [1.82, 2.24) is 15.2 Å². The Kier molecular flexibility index (Phi) is 4.40. The second kappa shape index (κ2) is 6.46. The number of nitrogens with zero attached hydrogens (tertiary/aromatic N) is 3. The molecule has 2 aliphatic heterocycles. The van der Waals surface area contributed by atoms with Gasteiger partial charge < -0.3 is 9.80 Å². The minimum atomic E-state index is -0.148. The van der Waals surface area contributed by atoms with Crippen molar-refractivity contribution < 1.29 is 14.4 Å². The van der Waals surface area contributed by atoms with Crippen LogP contribution in [0.5, 0.6) is 0 Å². The fraction of sp³-hybridized carbons (Fsp3) is 0.733. The minimum absolute atomic E-state index is 0.113. The molecular formula is C15H22N4O3. The highest BCUT2D eigenvalue weighted by Gasteiger charge is 2.31. The van der Waals surface area contributed by atoms with Gasteiger partial charge in [0.25, 0.3) is 5.91 Å². The lowest BCUT2D eigenvalue weighted by Gasteiger charge is -2.31. The van der Waals surface area contributed by atoms with Gasteiger partial charge in [-0.15, -0.1) is 0 Å². The maximum atomic E-state index is 12.4. The Morgan fingerprint density at radius 2 is 1.73 bits per heavy atom. The van der Waals surface area contributed by atoms with Crippen LogP contribution in [-0.4, -0.2) is 59.4 Å². The highest BCUT2D eigenvalue weighted by atomic mass is 16.2. The van der Waals surface area contributed by atoms with E-state index in [0.717, 1.165) is 32.2 Å². The quantitative estimate of drug-likeness (QED) is 0.786. The smallest absolute Gasteiger partial charge is 0.270 e. The maximum absolute atomic E-state index is 12.4. The Balaban J connectivity index is 1.56. The first-order valence-corrected chi connectivity index (χ1v) is 8.08. The van der Waals surface area contributed by atoms with Crippen LogP contribution < -0.4 is 5.43 Å². The van der Waals surface area contributed by atoms with E-state index in [2.05, 4.69) is 10.5 Å². The first-order valence-electron chi connectivity index (χ1n) is 8.08. The Bertz CT molecular complexity index is 513. The predicted octanol–water partition coefficient (Wildman–Crippen LogP) is 0.113. The lowest BCUT2D eigenvalue weighted by Crippen LogP contribution is -2.43. The number of nitrogens with one attached hydrogen (secondary N) is 1. The zero-order valence-corrected chi connectivity index (χ0v) is 12.7. The molecule has 1 aliphatic carbocycles. The molecule has 0 atom stereocenters. The van der Waals surface area contributed by atoms with Crippen molar-refractivity contribution in [3.05, 3.63) is 0 Å². The maximum Gasteiger partial charge on any atom is 0.270 e. The van der Waals surface area contributed by atoms with Crippen LogP contribution in [0.4, 0.5) is 0 Å². The van der Waals surface area contributed by atoms with Crippen LogP contribution in [0, 0.1) is 5.92 Å². The fourth-order valence-corrected chi connectivity index (χ4v) is 3.07. The standard InChI is InChI=1S/C15H22N4O3/c20-13-6-5-12(16-17-13)15(22)19-8-2-7-18(9-10-19)14(21)11-3-1-4-11/h11H,1-10H2,(H,17,20). The Hall–Kier alpha value is -1.92. The van der Waals surface area contributed by atoms with E-state index in [-0.39, 0.29) is 23.6 Å². The van der Waals surface area contributed by atoms with Crippen LogP contribution in [0.15, 0.2) is 5.10 Å². The van der Waals surface area contributed by atoms with Crippen molar-refractivity contribution in [2.24, 2.45) is 11.0 Å². The first kappa shape index (κ1) is 15.0. The fourth-order valence-electron chi connectivity index (χ4n) is 3.07. The van der Waals surface area contributed by atoms with Gasteiger partial charge in [0.1, 0.15) is 5.71 Å². The molecule has 0 bridgehead atoms. The molecule has 7 nitrogen and oxygen atoms in total. The minimum Gasteiger partial charge on any atom is -0.341 e. The van der Waals surface area contributed by atoms with E-state index < -0.39 is 0 Å². The van der Waals surface area contributed by atoms with Crippen molar-refractivity contribution in [2.45, 2.75) is 38.5 Å². The molecule has 2 heterocycles. The second-order valence-corrected chi connectivity index (χ2v) is 6.19. The lowest BCUT2D eigenvalue weighted by molar-refractivity contribution is -0.138. The number of carbonyl (C=O) groups is 3. The topological polar surface area (TPSA) is 82.1 Å². The summed E-state index contributed by atoms with van der Waals surface area (Å²) in [5, 5.41) is 3.87. The summed E-state index contributed by atoms with van der Waals surface area (Å²) < 4.78 is 0. The molecule has 1 saturated heterocycles. The zero-order valence-electron chi connectivity index (χ0n) is 12.7. The van der Waals surface area contributed by atoms with Gasteiger partial charge in [0.05, 0.1) is 0 Å². The van der Waals surface area contributed by atoms with Crippen LogP contribution >= 0.6 is 0 Å². The molecule has 0 radical (unpaired) electrons. The van der Waals surface area contributed by atoms with E-state index in [0.29, 0.717) is 38.2 Å². The molecular weight excluding hydrogens is 284 g/mol. The van der Waals surface area contributed by atoms with Gasteiger partial charge in [0.2, 0.25) is 11.8 Å². The van der Waals surface area contributed by atoms with E-state index in [1.165, 1.54) is 0 Å². The molecule has 0 spiro atoms. The summed E-state index contributed by atoms with van der Waals surface area (Å²) in [6.45, 7) is 2.51. The molecule has 1 saturated carbocycles. The summed E-state index contributed by atoms with van der Waals surface area (Å²) in [5.74, 6) is 0.200. The highest BCUT2D eigenvalue weighted by Crippen LogP contribution is 2.28. The van der Waals surface area contributed by atoms with E-state index in [1.54, 1.807) is 4.90 Å². The highest BCUT2D eigenvalue weighted by molar-refractivity contribution is 6.39. The molecule has 22 heavy (non-hydrogen) atoms. The largest absolute Gasteiger partial charge is 0.341 e. The molecule has 0 aromatic carbocycles. The normalized spacial score (nSPS) is 23.3. The molecule has 0 aromatic heterocycles. The lowest BCUT2D eigenvalue weighted by atomic mass is 9.84. The Morgan fingerprint density at radius 3 is 2.36 bits per heavy atom. The zero-order chi connectivity index (χ0) is 15.5. The molecule has 3 rings (SSSR count). The molecule has 120 valence electrons. The summed E-state index contributed by atoms with van der Waals surface area (Å²) in [7, 11) is 0. The van der Waals surface area contributed by atoms with E-state index >= 15 is 0 Å². The van der Waals surface area contributed by atoms with Crippen molar-refractivity contribution in [2.75, 3.05) is 26.2 Å². The van der Waals surface area contributed by atoms with Gasteiger partial charge in [-0.1, -0.05) is 6.42 Å². The summed E-state index contributed by atoms with van der Waals surface area (Å²) in [6, 6.07) is 0. The molecule has 3 aliphatic rings. The molecule has 0 unspecified atom stereocenters. The van der Waals surface area contributed by atoms with E-state index in [4.69, 9.17) is 0 Å². The summed E-state index contributed by atoms with van der Waals surface area (Å²) in [5.41, 5.74) is 2.78. The average Bonchev–Trinajstić information content (AvgIpc) is 2.71. The summed E-state index contributed by atoms with van der Waals surface area (Å²) in [4.78, 5) is 39.5. The van der Waals surface area contributed by atoms with Crippen LogP contribution in [0.1, 0.15) is 38.5 Å². The third-order valence-corrected chi connectivity index (χ3v) is 4.70. The SMILES string of the molecule is O=C1CCC(C(=O)N2CCCN(C(=O)C3CCC3)CC2)=NN1. The Morgan fingerprint density at radius 1 is 1.00 bits per heavy atom. The second-order valence-electron chi connectivity index (χ2n) is 6.19. The van der Waals surface area contributed by atoms with Gasteiger partial charge in [0, 0.05) is 44.9 Å². The van der Waals surface area contributed by atoms with Gasteiger partial charge in [-0.2, -0.15) is 5.10 Å². The van der Waals surface area contributed by atoms with E-state index in [9.17, 15) is 14.4 Å². The number of hydrazone groups is 1. The monoisotopic (exact) mass is 306 g/mol. The third kappa shape index (κ3) is 3.13. The summed E-state index contributed by atoms with van der Waals surface area (Å²) >= 11 is 0. The molecule has 3 amide bonds. The van der Waals surface area contributed by atoms with Crippen LogP contribution in [0.25, 0.3) is 0 Å². The van der Waals surface area contributed by atoms with Crippen LogP contribution in [-0.2, 0) is 14.4 Å². The van der Waals surface area contributed by atoms with Gasteiger partial charge in [-0.3, -0.25) is 14.4 Å². The molecule has 1 N–H and O–H groups in total. The molecule has 7 heteroatoms. The van der Waals surface area contributed by atoms with Crippen molar-refractivity contribution in [1.29, 1.82) is 0 Å². The van der Waals surface area contributed by atoms with Crippen molar-refractivity contribution >= 4 is 23.4 Å². The number of hydrogen-bond donors (Lipinski definition) is 1. The number of carbonyl (C=O) groups excluding carboxylic acids is 3. The van der Waals surface area contributed by atoms with Gasteiger partial charge in [-0.25, -0.2) is 5.43 Å². The van der Waals surface area contributed by atoms with Crippen molar-refractivity contribution in [3.63, 3.8) is 0 Å². The molecule has 2 fully saturated rings. The van der Waals surface area contributed by atoms with Gasteiger partial charge >= 0.3 is 0 Å². The van der Waals surface area contributed by atoms with Crippen molar-refractivity contribution in [3.8, 4) is 0 Å². The Labute approximate surface area is 129 Å². The summed E-state index contributed by atoms with van der Waals surface area (Å²) in [6.07, 6.45) is 4.67. The number of amides is 3. The average molecular weight is 306 g/mol. The van der Waals surface area contributed by atoms with Gasteiger partial charge in [-0.05, 0) is 19.3 Å².